The van der Waals surface area contributed by atoms with Gasteiger partial charge in [-0.2, -0.15) is 0 Å². The summed E-state index contributed by atoms with van der Waals surface area (Å²) in [6, 6.07) is 13.6. The molecule has 4 aromatic rings. The van der Waals surface area contributed by atoms with Crippen molar-refractivity contribution in [1.82, 2.24) is 29.6 Å². The van der Waals surface area contributed by atoms with Gasteiger partial charge in [-0.25, -0.2) is 19.0 Å². The third-order valence-electron chi connectivity index (χ3n) is 11.6. The molecule has 66 heavy (non-hydrogen) atoms. The van der Waals surface area contributed by atoms with E-state index in [0.29, 0.717) is 90.7 Å². The summed E-state index contributed by atoms with van der Waals surface area (Å²) in [5.74, 6) is -0.270. The fraction of sp³-hybridized carbons (Fsp3) is 0.469. The van der Waals surface area contributed by atoms with Gasteiger partial charge in [0.2, 0.25) is 11.8 Å². The van der Waals surface area contributed by atoms with E-state index in [1.807, 2.05) is 39.0 Å². The van der Waals surface area contributed by atoms with Gasteiger partial charge in [0.15, 0.2) is 11.6 Å². The molecule has 17 heteroatoms. The zero-order chi connectivity index (χ0) is 48.1. The van der Waals surface area contributed by atoms with E-state index >= 15 is 4.39 Å². The molecule has 1 N–H and O–H groups in total. The number of carbonyl (C=O) groups excluding carboxylic acids is 4. The van der Waals surface area contributed by atoms with Gasteiger partial charge < -0.3 is 39.1 Å². The largest absolute Gasteiger partial charge is 0.496 e. The summed E-state index contributed by atoms with van der Waals surface area (Å²) in [6.45, 7) is 16.0. The van der Waals surface area contributed by atoms with Gasteiger partial charge in [-0.05, 0) is 91.5 Å². The number of benzene rings is 2. The van der Waals surface area contributed by atoms with Crippen LogP contribution in [0.15, 0.2) is 60.9 Å². The van der Waals surface area contributed by atoms with Gasteiger partial charge >= 0.3 is 12.2 Å². The molecular formula is C49H60Cl2FN7O7. The average molecular weight is 949 g/mol. The summed E-state index contributed by atoms with van der Waals surface area (Å²) in [4.78, 5) is 66.9. The van der Waals surface area contributed by atoms with Crippen molar-refractivity contribution >= 4 is 58.7 Å². The van der Waals surface area contributed by atoms with Crippen molar-refractivity contribution in [1.29, 1.82) is 0 Å². The summed E-state index contributed by atoms with van der Waals surface area (Å²) < 4.78 is 33.9. The van der Waals surface area contributed by atoms with Crippen molar-refractivity contribution in [2.24, 2.45) is 0 Å². The molecule has 0 spiro atoms. The minimum atomic E-state index is -0.777. The van der Waals surface area contributed by atoms with Crippen LogP contribution in [0.5, 0.6) is 5.75 Å². The number of methoxy groups -OCH3 is 1. The van der Waals surface area contributed by atoms with Crippen LogP contribution >= 0.6 is 23.2 Å². The number of aromatic nitrogens is 2. The van der Waals surface area contributed by atoms with E-state index in [9.17, 15) is 19.2 Å². The van der Waals surface area contributed by atoms with Crippen LogP contribution in [-0.4, -0.2) is 110 Å². The molecule has 0 aliphatic carbocycles. The smallest absolute Gasteiger partial charge is 0.410 e. The Bertz CT molecular complexity index is 2430. The number of ether oxygens (including phenoxy) is 3. The van der Waals surface area contributed by atoms with E-state index in [0.717, 1.165) is 5.56 Å². The topological polar surface area (TPSA) is 147 Å². The first-order chi connectivity index (χ1) is 31.1. The Hall–Kier alpha value is -5.67. The number of hydrogen-bond acceptors (Lipinski definition) is 10. The van der Waals surface area contributed by atoms with Crippen LogP contribution in [0.25, 0.3) is 22.4 Å². The number of hydrogen-bond donors (Lipinski definition) is 1. The first kappa shape index (κ1) is 49.8. The van der Waals surface area contributed by atoms with Gasteiger partial charge in [0.05, 0.1) is 41.6 Å². The lowest BCUT2D eigenvalue weighted by Gasteiger charge is -2.39. The molecule has 2 fully saturated rings. The lowest BCUT2D eigenvalue weighted by atomic mass is 10.00. The second-order valence-corrected chi connectivity index (χ2v) is 19.4. The first-order valence-electron chi connectivity index (χ1n) is 22.2. The lowest BCUT2D eigenvalue weighted by molar-refractivity contribution is -0.131. The molecule has 0 unspecified atom stereocenters. The lowest BCUT2D eigenvalue weighted by Crippen LogP contribution is -2.49. The predicted molar refractivity (Wildman–Crippen MR) is 253 cm³/mol. The Morgan fingerprint density at radius 2 is 1.24 bits per heavy atom. The molecule has 2 aliphatic rings. The zero-order valence-electron chi connectivity index (χ0n) is 39.2. The minimum Gasteiger partial charge on any atom is -0.496 e. The molecule has 14 nitrogen and oxygen atoms in total. The number of likely N-dealkylation sites (tertiary alicyclic amines) is 2. The number of nitrogens with one attached hydrogen (secondary N) is 1. The number of rotatable bonds is 11. The Labute approximate surface area is 396 Å². The zero-order valence-corrected chi connectivity index (χ0v) is 40.7. The molecular weight excluding hydrogens is 888 g/mol. The standard InChI is InChI=1S/C49H60Cl2FN7O7/c1-30(60)56-23-17-35(18-24-56)58(46(62)65-48(3,4)5)28-33-14-13-32(27-40(33)64-9)44-42(51)38(16-22-53-44)37-11-10-12-39(41(37)50)55-45-43(52)34(15-21-54-45)29-59(47(63)66-49(6,7)8)36-19-25-57(26-20-36)31(2)61/h10-16,21-22,27,35-36H,17-20,23-26,28-29H2,1-9H3,(H,54,55). The van der Waals surface area contributed by atoms with Gasteiger partial charge in [-0.1, -0.05) is 47.5 Å². The summed E-state index contributed by atoms with van der Waals surface area (Å²) in [5.41, 5.74) is 2.06. The molecule has 0 atom stereocenters. The maximum Gasteiger partial charge on any atom is 0.410 e. The van der Waals surface area contributed by atoms with Crippen molar-refractivity contribution in [2.45, 2.75) is 117 Å². The Balaban J connectivity index is 1.24. The number of piperidine rings is 2. The van der Waals surface area contributed by atoms with Crippen LogP contribution in [0.2, 0.25) is 10.0 Å². The number of halogens is 3. The summed E-state index contributed by atoms with van der Waals surface area (Å²) >= 11 is 14.2. The molecule has 2 aromatic heterocycles. The second kappa shape index (κ2) is 20.9. The number of carbonyl (C=O) groups is 4. The summed E-state index contributed by atoms with van der Waals surface area (Å²) in [7, 11) is 1.56. The predicted octanol–water partition coefficient (Wildman–Crippen LogP) is 10.5. The minimum absolute atomic E-state index is 0.00801. The van der Waals surface area contributed by atoms with Crippen LogP contribution in [0.3, 0.4) is 0 Å². The highest BCUT2D eigenvalue weighted by Gasteiger charge is 2.34. The molecule has 2 aromatic carbocycles. The van der Waals surface area contributed by atoms with E-state index in [1.165, 1.54) is 24.1 Å². The third kappa shape index (κ3) is 12.2. The van der Waals surface area contributed by atoms with Gasteiger partial charge in [0.1, 0.15) is 17.0 Å². The third-order valence-corrected chi connectivity index (χ3v) is 12.4. The van der Waals surface area contributed by atoms with E-state index < -0.39 is 29.2 Å². The molecule has 2 saturated heterocycles. The summed E-state index contributed by atoms with van der Waals surface area (Å²) in [6.07, 6.45) is 4.34. The molecule has 4 amide bonds. The van der Waals surface area contributed by atoms with E-state index in [-0.39, 0.29) is 53.4 Å². The van der Waals surface area contributed by atoms with E-state index in [4.69, 9.17) is 37.4 Å². The summed E-state index contributed by atoms with van der Waals surface area (Å²) in [5, 5.41) is 3.61. The second-order valence-electron chi connectivity index (χ2n) is 18.7. The number of amides is 4. The van der Waals surface area contributed by atoms with Crippen molar-refractivity contribution < 1.29 is 37.8 Å². The maximum atomic E-state index is 16.4. The van der Waals surface area contributed by atoms with Crippen LogP contribution in [0, 0.1) is 5.82 Å². The van der Waals surface area contributed by atoms with Gasteiger partial charge in [-0.3, -0.25) is 14.6 Å². The first-order valence-corrected chi connectivity index (χ1v) is 22.9. The quantitative estimate of drug-likeness (QED) is 0.154. The molecule has 0 bridgehead atoms. The number of anilines is 2. The van der Waals surface area contributed by atoms with Crippen molar-refractivity contribution in [3.05, 3.63) is 87.9 Å². The van der Waals surface area contributed by atoms with Crippen molar-refractivity contribution in [3.63, 3.8) is 0 Å². The van der Waals surface area contributed by atoms with Gasteiger partial charge in [-0.15, -0.1) is 0 Å². The maximum absolute atomic E-state index is 16.4. The monoisotopic (exact) mass is 947 g/mol. The van der Waals surface area contributed by atoms with Gasteiger partial charge in [0, 0.05) is 92.3 Å². The highest BCUT2D eigenvalue weighted by molar-refractivity contribution is 6.39. The highest BCUT2D eigenvalue weighted by Crippen LogP contribution is 2.42. The Kier molecular flexibility index (Phi) is 15.7. The SMILES string of the molecule is COc1cc(-c2nccc(-c3cccc(Nc4nccc(CN(C(=O)OC(C)(C)C)C5CCN(C(C)=O)CC5)c4F)c3Cl)c2Cl)ccc1CN(C(=O)OC(C)(C)C)C1CCN(C(C)=O)CC1. The van der Waals surface area contributed by atoms with E-state index in [1.54, 1.807) is 80.0 Å². The fourth-order valence-corrected chi connectivity index (χ4v) is 8.81. The Morgan fingerprint density at radius 1 is 0.727 bits per heavy atom. The van der Waals surface area contributed by atoms with Crippen LogP contribution in [0.4, 0.5) is 25.5 Å². The van der Waals surface area contributed by atoms with Crippen LogP contribution < -0.4 is 10.1 Å². The van der Waals surface area contributed by atoms with Crippen LogP contribution in [0.1, 0.15) is 92.2 Å². The average Bonchev–Trinajstić information content (AvgIpc) is 3.25. The van der Waals surface area contributed by atoms with Crippen molar-refractivity contribution in [2.75, 3.05) is 38.6 Å². The highest BCUT2D eigenvalue weighted by atomic mass is 35.5. The molecule has 6 rings (SSSR count). The Morgan fingerprint density at radius 3 is 1.76 bits per heavy atom. The fourth-order valence-electron chi connectivity index (χ4n) is 8.21. The molecule has 4 heterocycles. The number of nitrogens with zero attached hydrogens (tertiary/aromatic N) is 6. The van der Waals surface area contributed by atoms with Crippen molar-refractivity contribution in [3.8, 4) is 28.1 Å². The van der Waals surface area contributed by atoms with Crippen LogP contribution in [-0.2, 0) is 32.2 Å². The van der Waals surface area contributed by atoms with Gasteiger partial charge in [0.25, 0.3) is 0 Å². The molecule has 0 radical (unpaired) electrons. The van der Waals surface area contributed by atoms with E-state index in [2.05, 4.69) is 15.3 Å². The molecule has 2 aliphatic heterocycles. The normalized spacial score (nSPS) is 15.0. The molecule has 354 valence electrons. The molecule has 0 saturated carbocycles. The number of pyridine rings is 2.